The van der Waals surface area contributed by atoms with Gasteiger partial charge < -0.3 is 0 Å². The zero-order chi connectivity index (χ0) is 18.7. The molecule has 0 spiro atoms. The lowest BCUT2D eigenvalue weighted by atomic mass is 10.4. The molecule has 0 heterocycles. The molecule has 0 nitrogen and oxygen atoms in total. The van der Waals surface area contributed by atoms with E-state index in [1.54, 1.807) is 0 Å². The van der Waals surface area contributed by atoms with Crippen LogP contribution in [0.4, 0.5) is 0 Å². The van der Waals surface area contributed by atoms with Gasteiger partial charge >= 0.3 is 0 Å². The lowest BCUT2D eigenvalue weighted by molar-refractivity contribution is 1.42. The Morgan fingerprint density at radius 3 is 0.350 bits per heavy atom. The Morgan fingerprint density at radius 1 is 0.350 bits per heavy atom. The van der Waals surface area contributed by atoms with E-state index in [0.29, 0.717) is 0 Å². The van der Waals surface area contributed by atoms with E-state index in [0.717, 1.165) is 0 Å². The Morgan fingerprint density at radius 2 is 0.350 bits per heavy atom. The lowest BCUT2D eigenvalue weighted by Crippen LogP contribution is -1.43. The standard InChI is InChI=1S/3C4H8.4C2H6/c3*1-4(2)3;4*1-2/h3*1H2,2-3H3;4*1-2H3. The highest BCUT2D eigenvalue weighted by molar-refractivity contribution is 4.79. The molecule has 0 aliphatic carbocycles. The molecule has 0 bridgehead atoms. The molecule has 128 valence electrons. The van der Waals surface area contributed by atoms with Crippen molar-refractivity contribution in [3.63, 3.8) is 0 Å². The van der Waals surface area contributed by atoms with Crippen molar-refractivity contribution in [3.05, 3.63) is 36.5 Å². The summed E-state index contributed by atoms with van der Waals surface area (Å²) in [6.07, 6.45) is 0. The van der Waals surface area contributed by atoms with Gasteiger partial charge in [-0.3, -0.25) is 0 Å². The summed E-state index contributed by atoms with van der Waals surface area (Å²) in [6.45, 7) is 38.5. The second-order valence-electron chi connectivity index (χ2n) is 3.62. The second-order valence-corrected chi connectivity index (χ2v) is 3.62. The van der Waals surface area contributed by atoms with Crippen molar-refractivity contribution in [2.75, 3.05) is 0 Å². The Bertz CT molecular complexity index is 97.6. The van der Waals surface area contributed by atoms with Gasteiger partial charge in [-0.05, 0) is 41.5 Å². The van der Waals surface area contributed by atoms with Crippen molar-refractivity contribution in [1.82, 2.24) is 0 Å². The van der Waals surface area contributed by atoms with Crippen molar-refractivity contribution < 1.29 is 0 Å². The summed E-state index contributed by atoms with van der Waals surface area (Å²) >= 11 is 0. The van der Waals surface area contributed by atoms with E-state index in [9.17, 15) is 0 Å². The highest BCUT2D eigenvalue weighted by Crippen LogP contribution is 1.74. The molecule has 0 unspecified atom stereocenters. The van der Waals surface area contributed by atoms with Crippen LogP contribution in [0.2, 0.25) is 0 Å². The van der Waals surface area contributed by atoms with E-state index in [4.69, 9.17) is 0 Å². The molecule has 0 fully saturated rings. The third-order valence-electron chi connectivity index (χ3n) is 0. The summed E-state index contributed by atoms with van der Waals surface area (Å²) in [5.74, 6) is 0. The zero-order valence-corrected chi connectivity index (χ0v) is 17.6. The quantitative estimate of drug-likeness (QED) is 0.390. The van der Waals surface area contributed by atoms with Gasteiger partial charge in [0.15, 0.2) is 0 Å². The molecule has 0 saturated carbocycles. The first-order valence-electron chi connectivity index (χ1n) is 8.06. The molecule has 0 aromatic carbocycles. The monoisotopic (exact) mass is 288 g/mol. The van der Waals surface area contributed by atoms with Crippen LogP contribution in [-0.4, -0.2) is 0 Å². The molecule has 0 aliphatic heterocycles. The first-order valence-corrected chi connectivity index (χ1v) is 8.06. The highest BCUT2D eigenvalue weighted by atomic mass is 13.6. The van der Waals surface area contributed by atoms with Crippen LogP contribution in [-0.2, 0) is 0 Å². The van der Waals surface area contributed by atoms with Crippen LogP contribution in [0.5, 0.6) is 0 Å². The summed E-state index contributed by atoms with van der Waals surface area (Å²) in [6, 6.07) is 0. The van der Waals surface area contributed by atoms with Crippen molar-refractivity contribution in [2.45, 2.75) is 96.9 Å². The third kappa shape index (κ3) is 7450. The Labute approximate surface area is 134 Å². The third-order valence-corrected chi connectivity index (χ3v) is 0. The van der Waals surface area contributed by atoms with Gasteiger partial charge in [0.1, 0.15) is 0 Å². The summed E-state index contributed by atoms with van der Waals surface area (Å²) in [5.41, 5.74) is 3.50. The normalized spacial score (nSPS) is 5.10. The summed E-state index contributed by atoms with van der Waals surface area (Å²) < 4.78 is 0. The Kier molecular flexibility index (Phi) is 171. The minimum absolute atomic E-state index is 1.17. The van der Waals surface area contributed by atoms with Gasteiger partial charge in [0, 0.05) is 0 Å². The lowest BCUT2D eigenvalue weighted by Gasteiger charge is -1.65. The maximum absolute atomic E-state index is 3.56. The molecule has 0 heteroatoms. The number of hydrogen-bond acceptors (Lipinski definition) is 0. The van der Waals surface area contributed by atoms with E-state index in [-0.39, 0.29) is 0 Å². The van der Waals surface area contributed by atoms with Crippen LogP contribution in [0, 0.1) is 0 Å². The SMILES string of the molecule is C=C(C)C.C=C(C)C.C=C(C)C.CC.CC.CC.CC. The number of rotatable bonds is 0. The summed E-state index contributed by atoms with van der Waals surface area (Å²) in [4.78, 5) is 0. The largest absolute Gasteiger partial charge is 0.100 e. The molecule has 0 aliphatic rings. The van der Waals surface area contributed by atoms with Crippen LogP contribution >= 0.6 is 0 Å². The van der Waals surface area contributed by atoms with E-state index in [2.05, 4.69) is 19.7 Å². The molecule has 0 N–H and O–H groups in total. The summed E-state index contributed by atoms with van der Waals surface area (Å²) in [5, 5.41) is 0. The van der Waals surface area contributed by atoms with E-state index in [1.165, 1.54) is 16.7 Å². The van der Waals surface area contributed by atoms with Gasteiger partial charge in [-0.1, -0.05) is 72.1 Å². The minimum Gasteiger partial charge on any atom is -0.100 e. The van der Waals surface area contributed by atoms with E-state index >= 15 is 0 Å². The van der Waals surface area contributed by atoms with E-state index < -0.39 is 0 Å². The molecule has 20 heavy (non-hydrogen) atoms. The predicted octanol–water partition coefficient (Wildman–Crippen LogP) is 8.85. The average Bonchev–Trinajstić information content (AvgIpc) is 2.36. The van der Waals surface area contributed by atoms with Gasteiger partial charge in [0.25, 0.3) is 0 Å². The van der Waals surface area contributed by atoms with Gasteiger partial charge in [-0.2, -0.15) is 0 Å². The molecule has 0 aromatic heterocycles. The van der Waals surface area contributed by atoms with Crippen molar-refractivity contribution in [3.8, 4) is 0 Å². The molecule has 0 amide bonds. The fourth-order valence-electron chi connectivity index (χ4n) is 0. The van der Waals surface area contributed by atoms with Crippen molar-refractivity contribution >= 4 is 0 Å². The number of hydrogen-bond donors (Lipinski definition) is 0. The molecule has 0 saturated heterocycles. The highest BCUT2D eigenvalue weighted by Gasteiger charge is 1.52. The zero-order valence-electron chi connectivity index (χ0n) is 17.6. The van der Waals surface area contributed by atoms with Crippen LogP contribution in [0.25, 0.3) is 0 Å². The van der Waals surface area contributed by atoms with Crippen molar-refractivity contribution in [2.24, 2.45) is 0 Å². The summed E-state index contributed by atoms with van der Waals surface area (Å²) in [7, 11) is 0. The van der Waals surface area contributed by atoms with Gasteiger partial charge in [-0.25, -0.2) is 0 Å². The van der Waals surface area contributed by atoms with E-state index in [1.807, 2.05) is 96.9 Å². The smallest absolute Gasteiger partial charge is 0.0445 e. The van der Waals surface area contributed by atoms with Gasteiger partial charge in [0.05, 0.1) is 0 Å². The van der Waals surface area contributed by atoms with Crippen LogP contribution in [0.3, 0.4) is 0 Å². The topological polar surface area (TPSA) is 0 Å². The first kappa shape index (κ1) is 42.7. The fourth-order valence-corrected chi connectivity index (χ4v) is 0. The van der Waals surface area contributed by atoms with Crippen LogP contribution in [0.1, 0.15) is 96.9 Å². The Balaban J connectivity index is -0.0000000204. The average molecular weight is 289 g/mol. The van der Waals surface area contributed by atoms with Crippen molar-refractivity contribution in [1.29, 1.82) is 0 Å². The van der Waals surface area contributed by atoms with Crippen LogP contribution in [0.15, 0.2) is 36.5 Å². The predicted molar refractivity (Wildman–Crippen MR) is 107 cm³/mol. The molecule has 0 aromatic rings. The van der Waals surface area contributed by atoms with Crippen LogP contribution < -0.4 is 0 Å². The fraction of sp³-hybridized carbons (Fsp3) is 0.700. The first-order chi connectivity index (χ1) is 9.20. The maximum atomic E-state index is 3.56. The minimum atomic E-state index is 1.17. The van der Waals surface area contributed by atoms with Gasteiger partial charge in [0.2, 0.25) is 0 Å². The molecule has 0 rings (SSSR count). The maximum Gasteiger partial charge on any atom is -0.0445 e. The van der Waals surface area contributed by atoms with Gasteiger partial charge in [-0.15, -0.1) is 19.7 Å². The molecule has 0 atom stereocenters. The number of allylic oxidation sites excluding steroid dienone is 3. The second kappa shape index (κ2) is 80.0. The molecular weight excluding hydrogens is 240 g/mol. The Hall–Kier alpha value is -0.780. The molecular formula is C20H48. The molecule has 0 radical (unpaired) electrons.